The molecule has 2 heterocycles. The minimum atomic E-state index is -0.493. The lowest BCUT2D eigenvalue weighted by Crippen LogP contribution is -2.47. The Morgan fingerprint density at radius 2 is 2.41 bits per heavy atom. The number of nitrogens with one attached hydrogen (secondary N) is 1. The number of fused-ring (bicyclic) bond motifs is 1. The molecule has 98 valence electrons. The molecule has 5 nitrogen and oxygen atoms in total. The molecule has 0 aliphatic carbocycles. The molecule has 3 atom stereocenters. The number of ether oxygens (including phenoxy) is 1. The van der Waals surface area contributed by atoms with Crippen LogP contribution >= 0.6 is 0 Å². The Labute approximate surface area is 102 Å². The van der Waals surface area contributed by atoms with Crippen LogP contribution in [-0.2, 0) is 9.53 Å². The molecule has 5 heteroatoms. The fraction of sp³-hybridized carbons (Fsp3) is 0.917. The van der Waals surface area contributed by atoms with E-state index in [2.05, 4.69) is 5.32 Å². The van der Waals surface area contributed by atoms with Crippen molar-refractivity contribution in [3.05, 3.63) is 0 Å². The zero-order valence-electron chi connectivity index (χ0n) is 10.4. The lowest BCUT2D eigenvalue weighted by atomic mass is 9.99. The standard InChI is InChI=1S/C12H22N2O3/c1-17-8-9(15)7-13-10-6-12(16)14-5-3-2-4-11(10)14/h9-11,13,15H,2-8H2,1H3. The second-order valence-electron chi connectivity index (χ2n) is 4.98. The van der Waals surface area contributed by atoms with Crippen molar-refractivity contribution in [1.29, 1.82) is 0 Å². The molecule has 0 radical (unpaired) electrons. The number of carbonyl (C=O) groups is 1. The SMILES string of the molecule is COCC(O)CNC1CC(=O)N2CCCCC12. The maximum atomic E-state index is 11.8. The van der Waals surface area contributed by atoms with E-state index in [1.165, 1.54) is 6.42 Å². The average Bonchev–Trinajstić information content (AvgIpc) is 2.65. The fourth-order valence-corrected chi connectivity index (χ4v) is 2.87. The second kappa shape index (κ2) is 5.80. The normalized spacial score (nSPS) is 30.5. The van der Waals surface area contributed by atoms with Gasteiger partial charge in [0, 0.05) is 38.7 Å². The molecule has 0 bridgehead atoms. The van der Waals surface area contributed by atoms with Gasteiger partial charge < -0.3 is 20.1 Å². The third-order valence-corrected chi connectivity index (χ3v) is 3.70. The molecule has 0 aromatic rings. The van der Waals surface area contributed by atoms with Gasteiger partial charge in [-0.25, -0.2) is 0 Å². The Morgan fingerprint density at radius 1 is 1.59 bits per heavy atom. The Hall–Kier alpha value is -0.650. The van der Waals surface area contributed by atoms with Crippen molar-refractivity contribution >= 4 is 5.91 Å². The van der Waals surface area contributed by atoms with Gasteiger partial charge in [0.1, 0.15) is 0 Å². The molecule has 0 aromatic carbocycles. The molecule has 1 amide bonds. The van der Waals surface area contributed by atoms with Gasteiger partial charge in [-0.05, 0) is 19.3 Å². The number of rotatable bonds is 5. The number of piperidine rings is 1. The Balaban J connectivity index is 1.82. The minimum absolute atomic E-state index is 0.203. The Kier molecular flexibility index (Phi) is 4.36. The number of amides is 1. The summed E-state index contributed by atoms with van der Waals surface area (Å²) in [6.07, 6.45) is 3.50. The number of aliphatic hydroxyl groups excluding tert-OH is 1. The number of methoxy groups -OCH3 is 1. The number of nitrogens with zero attached hydrogens (tertiary/aromatic N) is 1. The summed E-state index contributed by atoms with van der Waals surface area (Å²) >= 11 is 0. The van der Waals surface area contributed by atoms with Crippen LogP contribution in [0.5, 0.6) is 0 Å². The van der Waals surface area contributed by atoms with E-state index in [-0.39, 0.29) is 11.9 Å². The van der Waals surface area contributed by atoms with Gasteiger partial charge >= 0.3 is 0 Å². The zero-order valence-corrected chi connectivity index (χ0v) is 10.4. The number of hydrogen-bond donors (Lipinski definition) is 2. The average molecular weight is 242 g/mol. The van der Waals surface area contributed by atoms with E-state index in [1.807, 2.05) is 4.90 Å². The summed E-state index contributed by atoms with van der Waals surface area (Å²) < 4.78 is 4.88. The van der Waals surface area contributed by atoms with Gasteiger partial charge in [-0.3, -0.25) is 4.79 Å². The Morgan fingerprint density at radius 3 is 3.18 bits per heavy atom. The molecule has 17 heavy (non-hydrogen) atoms. The third-order valence-electron chi connectivity index (χ3n) is 3.70. The van der Waals surface area contributed by atoms with E-state index in [4.69, 9.17) is 4.74 Å². The maximum absolute atomic E-state index is 11.8. The molecule has 2 aliphatic rings. The van der Waals surface area contributed by atoms with Crippen LogP contribution < -0.4 is 5.32 Å². The number of aliphatic hydroxyl groups is 1. The fourth-order valence-electron chi connectivity index (χ4n) is 2.87. The van der Waals surface area contributed by atoms with Crippen molar-refractivity contribution in [1.82, 2.24) is 10.2 Å². The van der Waals surface area contributed by atoms with Crippen molar-refractivity contribution in [2.75, 3.05) is 26.8 Å². The van der Waals surface area contributed by atoms with Crippen LogP contribution in [0.15, 0.2) is 0 Å². The lowest BCUT2D eigenvalue weighted by molar-refractivity contribution is -0.129. The maximum Gasteiger partial charge on any atom is 0.224 e. The van der Waals surface area contributed by atoms with Crippen LogP contribution in [-0.4, -0.2) is 60.9 Å². The number of carbonyl (C=O) groups excluding carboxylic acids is 1. The first-order valence-corrected chi connectivity index (χ1v) is 6.42. The number of hydrogen-bond acceptors (Lipinski definition) is 4. The van der Waals surface area contributed by atoms with Crippen molar-refractivity contribution in [3.8, 4) is 0 Å². The Bertz CT molecular complexity index is 272. The topological polar surface area (TPSA) is 61.8 Å². The van der Waals surface area contributed by atoms with Crippen LogP contribution in [0.4, 0.5) is 0 Å². The van der Waals surface area contributed by atoms with Crippen molar-refractivity contribution in [2.45, 2.75) is 43.9 Å². The summed E-state index contributed by atoms with van der Waals surface area (Å²) in [4.78, 5) is 13.8. The highest BCUT2D eigenvalue weighted by atomic mass is 16.5. The van der Waals surface area contributed by atoms with E-state index >= 15 is 0 Å². The minimum Gasteiger partial charge on any atom is -0.389 e. The predicted molar refractivity (Wildman–Crippen MR) is 63.6 cm³/mol. The highest BCUT2D eigenvalue weighted by molar-refractivity contribution is 5.80. The van der Waals surface area contributed by atoms with Crippen molar-refractivity contribution < 1.29 is 14.6 Å². The van der Waals surface area contributed by atoms with Crippen LogP contribution in [0.1, 0.15) is 25.7 Å². The molecule has 2 N–H and O–H groups in total. The van der Waals surface area contributed by atoms with Crippen molar-refractivity contribution in [2.24, 2.45) is 0 Å². The largest absolute Gasteiger partial charge is 0.389 e. The van der Waals surface area contributed by atoms with E-state index in [9.17, 15) is 9.90 Å². The van der Waals surface area contributed by atoms with Crippen molar-refractivity contribution in [3.63, 3.8) is 0 Å². The molecular formula is C12H22N2O3. The van der Waals surface area contributed by atoms with E-state index < -0.39 is 6.10 Å². The monoisotopic (exact) mass is 242 g/mol. The summed E-state index contributed by atoms with van der Waals surface area (Å²) in [5.74, 6) is 0.258. The molecule has 3 unspecified atom stereocenters. The second-order valence-corrected chi connectivity index (χ2v) is 4.98. The van der Waals surface area contributed by atoms with Gasteiger partial charge in [0.25, 0.3) is 0 Å². The van der Waals surface area contributed by atoms with Gasteiger partial charge in [0.15, 0.2) is 0 Å². The van der Waals surface area contributed by atoms with E-state index in [1.54, 1.807) is 7.11 Å². The molecule has 2 fully saturated rings. The molecular weight excluding hydrogens is 220 g/mol. The van der Waals surface area contributed by atoms with E-state index in [0.717, 1.165) is 19.4 Å². The quantitative estimate of drug-likeness (QED) is 0.697. The van der Waals surface area contributed by atoms with Crippen LogP contribution in [0.2, 0.25) is 0 Å². The lowest BCUT2D eigenvalue weighted by Gasteiger charge is -2.33. The highest BCUT2D eigenvalue weighted by Crippen LogP contribution is 2.28. The summed E-state index contributed by atoms with van der Waals surface area (Å²) in [5, 5.41) is 12.9. The summed E-state index contributed by atoms with van der Waals surface area (Å²) in [5.41, 5.74) is 0. The molecule has 0 aromatic heterocycles. The summed E-state index contributed by atoms with van der Waals surface area (Å²) in [7, 11) is 1.57. The van der Waals surface area contributed by atoms with Gasteiger partial charge in [0.2, 0.25) is 5.91 Å². The molecule has 2 saturated heterocycles. The van der Waals surface area contributed by atoms with Gasteiger partial charge in [-0.2, -0.15) is 0 Å². The van der Waals surface area contributed by atoms with Gasteiger partial charge in [0.05, 0.1) is 12.7 Å². The zero-order chi connectivity index (χ0) is 12.3. The predicted octanol–water partition coefficient (Wildman–Crippen LogP) is -0.263. The van der Waals surface area contributed by atoms with Crippen LogP contribution in [0.25, 0.3) is 0 Å². The molecule has 0 spiro atoms. The van der Waals surface area contributed by atoms with Crippen LogP contribution in [0.3, 0.4) is 0 Å². The molecule has 0 saturated carbocycles. The first-order valence-electron chi connectivity index (χ1n) is 6.42. The van der Waals surface area contributed by atoms with E-state index in [0.29, 0.717) is 25.6 Å². The molecule has 2 rings (SSSR count). The van der Waals surface area contributed by atoms with Crippen LogP contribution in [0, 0.1) is 0 Å². The summed E-state index contributed by atoms with van der Waals surface area (Å²) in [6, 6.07) is 0.542. The smallest absolute Gasteiger partial charge is 0.224 e. The van der Waals surface area contributed by atoms with Gasteiger partial charge in [-0.1, -0.05) is 0 Å². The first kappa shape index (κ1) is 12.8. The highest BCUT2D eigenvalue weighted by Gasteiger charge is 2.40. The summed E-state index contributed by atoms with van der Waals surface area (Å²) in [6.45, 7) is 1.74. The first-order chi connectivity index (χ1) is 8.22. The molecule has 2 aliphatic heterocycles. The third kappa shape index (κ3) is 2.97. The van der Waals surface area contributed by atoms with Gasteiger partial charge in [-0.15, -0.1) is 0 Å².